The Kier molecular flexibility index (Phi) is 27.8. The first-order valence-electron chi connectivity index (χ1n) is 17.4. The van der Waals surface area contributed by atoms with Crippen LogP contribution >= 0.6 is 0 Å². The van der Waals surface area contributed by atoms with Crippen molar-refractivity contribution in [2.75, 3.05) is 48.4 Å². The molecule has 1 aromatic heterocycles. The number of aromatic nitrogens is 1. The van der Waals surface area contributed by atoms with Crippen LogP contribution in [-0.2, 0) is 13.1 Å². The minimum Gasteiger partial charge on any atom is -1.00 e. The van der Waals surface area contributed by atoms with E-state index in [4.69, 9.17) is 9.72 Å². The number of quaternary nitrogens is 2. The lowest BCUT2D eigenvalue weighted by Gasteiger charge is -2.31. The highest BCUT2D eigenvalue weighted by atomic mass is 35.5. The second-order valence-corrected chi connectivity index (χ2v) is 14.0. The van der Waals surface area contributed by atoms with Crippen molar-refractivity contribution in [1.29, 1.82) is 0 Å². The number of nitrogens with zero attached hydrogens (tertiary/aromatic N) is 3. The zero-order chi connectivity index (χ0) is 29.5. The van der Waals surface area contributed by atoms with Gasteiger partial charge in [0, 0.05) is 0 Å². The number of hydrogen-bond donors (Lipinski definition) is 0. The molecule has 0 saturated carbocycles. The smallest absolute Gasteiger partial charge is 0.146 e. The fourth-order valence-electron chi connectivity index (χ4n) is 5.98. The minimum atomic E-state index is 0. The largest absolute Gasteiger partial charge is 1.00 e. The van der Waals surface area contributed by atoms with Gasteiger partial charge in [0.1, 0.15) is 24.5 Å². The molecular formula is C36H71Cl2N3O. The van der Waals surface area contributed by atoms with Crippen molar-refractivity contribution in [3.8, 4) is 5.75 Å². The molecule has 0 spiro atoms. The molecular weight excluding hydrogens is 561 g/mol. The van der Waals surface area contributed by atoms with Crippen LogP contribution in [0.5, 0.6) is 5.75 Å². The molecule has 0 saturated heterocycles. The summed E-state index contributed by atoms with van der Waals surface area (Å²) in [4.78, 5) is 5.16. The van der Waals surface area contributed by atoms with Gasteiger partial charge in [0.25, 0.3) is 0 Å². The Bertz CT molecular complexity index is 742. The zero-order valence-corrected chi connectivity index (χ0v) is 30.6. The van der Waals surface area contributed by atoms with Gasteiger partial charge in [-0.05, 0) is 37.8 Å². The van der Waals surface area contributed by atoms with Crippen LogP contribution in [0.3, 0.4) is 0 Å². The molecule has 1 aromatic rings. The molecule has 0 bridgehead atoms. The van der Waals surface area contributed by atoms with Gasteiger partial charge < -0.3 is 38.5 Å². The summed E-state index contributed by atoms with van der Waals surface area (Å²) >= 11 is 0. The van der Waals surface area contributed by atoms with E-state index in [0.29, 0.717) is 0 Å². The van der Waals surface area contributed by atoms with E-state index in [1.165, 1.54) is 147 Å². The van der Waals surface area contributed by atoms with E-state index < -0.39 is 0 Å². The van der Waals surface area contributed by atoms with E-state index >= 15 is 0 Å². The summed E-state index contributed by atoms with van der Waals surface area (Å²) in [6.07, 6.45) is 27.9. The summed E-state index contributed by atoms with van der Waals surface area (Å²) in [6.45, 7) is 8.93. The number of methoxy groups -OCH3 is 1. The first-order chi connectivity index (χ1) is 19.2. The lowest BCUT2D eigenvalue weighted by molar-refractivity contribution is -0.905. The van der Waals surface area contributed by atoms with Gasteiger partial charge in [-0.25, -0.2) is 4.98 Å². The predicted octanol–water partition coefficient (Wildman–Crippen LogP) is 4.09. The zero-order valence-electron chi connectivity index (χ0n) is 29.1. The molecule has 42 heavy (non-hydrogen) atoms. The van der Waals surface area contributed by atoms with Gasteiger partial charge in [-0.15, -0.1) is 0 Å². The van der Waals surface area contributed by atoms with Crippen molar-refractivity contribution in [1.82, 2.24) is 4.98 Å². The quantitative estimate of drug-likeness (QED) is 0.108. The number of halogens is 2. The fourth-order valence-corrected chi connectivity index (χ4v) is 5.98. The highest BCUT2D eigenvalue weighted by Crippen LogP contribution is 2.23. The first kappa shape index (κ1) is 43.6. The van der Waals surface area contributed by atoms with Crippen LogP contribution in [0.25, 0.3) is 0 Å². The highest BCUT2D eigenvalue weighted by molar-refractivity contribution is 5.28. The second-order valence-electron chi connectivity index (χ2n) is 14.0. The number of rotatable bonds is 27. The maximum Gasteiger partial charge on any atom is 0.146 e. The van der Waals surface area contributed by atoms with Crippen molar-refractivity contribution in [3.05, 3.63) is 23.5 Å². The van der Waals surface area contributed by atoms with Crippen molar-refractivity contribution in [3.63, 3.8) is 0 Å². The highest BCUT2D eigenvalue weighted by Gasteiger charge is 2.22. The molecule has 0 radical (unpaired) electrons. The van der Waals surface area contributed by atoms with E-state index in [1.54, 1.807) is 7.11 Å². The van der Waals surface area contributed by atoms with Crippen LogP contribution in [0.15, 0.2) is 12.1 Å². The van der Waals surface area contributed by atoms with Crippen LogP contribution in [0.1, 0.15) is 154 Å². The van der Waals surface area contributed by atoms with E-state index in [0.717, 1.165) is 33.5 Å². The SMILES string of the molecule is CCCCCCCCCCCC[N+](C)(C)Cc1ccc(OC)c(C[N+](C)(C)CCCCCCCCCCCC)n1.[Cl-].[Cl-]. The van der Waals surface area contributed by atoms with Gasteiger partial charge in [0.15, 0.2) is 0 Å². The Morgan fingerprint density at radius 2 is 0.881 bits per heavy atom. The summed E-state index contributed by atoms with van der Waals surface area (Å²) in [5.41, 5.74) is 2.32. The van der Waals surface area contributed by atoms with E-state index in [9.17, 15) is 0 Å². The van der Waals surface area contributed by atoms with Gasteiger partial charge in [-0.2, -0.15) is 0 Å². The summed E-state index contributed by atoms with van der Waals surface area (Å²) in [5, 5.41) is 0. The van der Waals surface area contributed by atoms with Gasteiger partial charge >= 0.3 is 0 Å². The fraction of sp³-hybridized carbons (Fsp3) is 0.861. The molecule has 0 atom stereocenters. The molecule has 1 rings (SSSR count). The number of ether oxygens (including phenoxy) is 1. The van der Waals surface area contributed by atoms with E-state index in [2.05, 4.69) is 54.2 Å². The van der Waals surface area contributed by atoms with Gasteiger partial charge in [-0.3, -0.25) is 0 Å². The summed E-state index contributed by atoms with van der Waals surface area (Å²) in [6, 6.07) is 4.34. The molecule has 0 aromatic carbocycles. The third-order valence-corrected chi connectivity index (χ3v) is 8.61. The Morgan fingerprint density at radius 3 is 1.26 bits per heavy atom. The third-order valence-electron chi connectivity index (χ3n) is 8.61. The molecule has 1 heterocycles. The molecule has 6 heteroatoms. The number of unbranched alkanes of at least 4 members (excludes halogenated alkanes) is 18. The first-order valence-corrected chi connectivity index (χ1v) is 17.4. The second kappa shape index (κ2) is 26.8. The van der Waals surface area contributed by atoms with E-state index in [1.807, 2.05) is 0 Å². The molecule has 0 unspecified atom stereocenters. The average molecular weight is 633 g/mol. The molecule has 0 aliphatic rings. The Morgan fingerprint density at radius 1 is 0.524 bits per heavy atom. The molecule has 4 nitrogen and oxygen atoms in total. The Hall–Kier alpha value is -0.550. The van der Waals surface area contributed by atoms with Gasteiger partial charge in [0.2, 0.25) is 0 Å². The van der Waals surface area contributed by atoms with Crippen LogP contribution in [0, 0.1) is 0 Å². The average Bonchev–Trinajstić information content (AvgIpc) is 2.90. The lowest BCUT2D eigenvalue weighted by atomic mass is 10.1. The third kappa shape index (κ3) is 22.9. The van der Waals surface area contributed by atoms with Crippen LogP contribution in [0.4, 0.5) is 0 Å². The molecule has 0 aliphatic carbocycles. The van der Waals surface area contributed by atoms with Crippen molar-refractivity contribution in [2.45, 2.75) is 155 Å². The van der Waals surface area contributed by atoms with Crippen molar-refractivity contribution >= 4 is 0 Å². The Balaban J connectivity index is 0. The van der Waals surface area contributed by atoms with Gasteiger partial charge in [0.05, 0.1) is 54.1 Å². The van der Waals surface area contributed by atoms with E-state index in [-0.39, 0.29) is 24.8 Å². The topological polar surface area (TPSA) is 22.1 Å². The lowest BCUT2D eigenvalue weighted by Crippen LogP contribution is -3.00. The molecule has 0 fully saturated rings. The van der Waals surface area contributed by atoms with Crippen molar-refractivity contribution in [2.24, 2.45) is 0 Å². The standard InChI is InChI=1S/C36H71N3O.2ClH/c1-8-10-12-14-16-18-20-22-24-26-30-38(3,4)32-34-28-29-36(40-7)35(37-34)33-39(5,6)31-27-25-23-21-19-17-15-13-11-9-2;;/h28-29H,8-27,30-33H2,1-7H3;2*1H/q+2;;/p-2. The van der Waals surface area contributed by atoms with Crippen LogP contribution in [0.2, 0.25) is 0 Å². The predicted molar refractivity (Wildman–Crippen MR) is 176 cm³/mol. The minimum absolute atomic E-state index is 0. The molecule has 0 N–H and O–H groups in total. The molecule has 0 amide bonds. The molecule has 250 valence electrons. The Labute approximate surface area is 275 Å². The summed E-state index contributed by atoms with van der Waals surface area (Å²) in [7, 11) is 11.2. The number of hydrogen-bond acceptors (Lipinski definition) is 2. The normalized spacial score (nSPS) is 11.7. The van der Waals surface area contributed by atoms with Crippen molar-refractivity contribution < 1.29 is 38.5 Å². The number of pyridine rings is 1. The maximum atomic E-state index is 5.74. The maximum absolute atomic E-state index is 5.74. The summed E-state index contributed by atoms with van der Waals surface area (Å²) in [5.74, 6) is 0.943. The van der Waals surface area contributed by atoms with Gasteiger partial charge in [-0.1, -0.05) is 117 Å². The molecule has 0 aliphatic heterocycles. The summed E-state index contributed by atoms with van der Waals surface area (Å²) < 4.78 is 7.72. The van der Waals surface area contributed by atoms with Crippen LogP contribution < -0.4 is 29.6 Å². The monoisotopic (exact) mass is 631 g/mol. The van der Waals surface area contributed by atoms with Crippen LogP contribution in [-0.4, -0.2) is 62.3 Å².